The predicted octanol–water partition coefficient (Wildman–Crippen LogP) is 8.54. The molecule has 9 N–H and O–H groups in total. The average molecular weight is 1900 g/mol. The molecule has 2 aromatic carbocycles. The molecule has 1 saturated carbocycles. The third-order valence-corrected chi connectivity index (χ3v) is 26.9. The van der Waals surface area contributed by atoms with Gasteiger partial charge in [0.15, 0.2) is 17.0 Å². The van der Waals surface area contributed by atoms with E-state index in [1.807, 2.05) is 92.4 Å². The normalized spacial score (nSPS) is 26.8. The van der Waals surface area contributed by atoms with Crippen LogP contribution in [0.1, 0.15) is 157 Å². The zero-order valence-electron chi connectivity index (χ0n) is 80.0. The summed E-state index contributed by atoms with van der Waals surface area (Å²) in [7, 11) is 3.23. The Bertz CT molecular complexity index is 5450. The lowest BCUT2D eigenvalue weighted by Gasteiger charge is -2.42. The van der Waals surface area contributed by atoms with Crippen molar-refractivity contribution in [2.24, 2.45) is 35.5 Å². The molecule has 0 radical (unpaired) electrons. The number of esters is 1. The topological polar surface area (TPSA) is 497 Å². The molecule has 1 unspecified atom stereocenters. The van der Waals surface area contributed by atoms with Gasteiger partial charge in [-0.2, -0.15) is 10.1 Å². The fraction of sp³-hybridized carbons (Fsp3) is 0.592. The molecule has 10 heterocycles. The molecule has 13 rings (SSSR count). The van der Waals surface area contributed by atoms with Gasteiger partial charge in [0.1, 0.15) is 60.3 Å². The fourth-order valence-corrected chi connectivity index (χ4v) is 18.9. The van der Waals surface area contributed by atoms with Crippen molar-refractivity contribution in [3.8, 4) is 33.6 Å². The summed E-state index contributed by atoms with van der Waals surface area (Å²) in [6.45, 7) is 18.9. The van der Waals surface area contributed by atoms with Crippen molar-refractivity contribution in [2.75, 3.05) is 130 Å². The number of unbranched alkanes of at least 4 members (excludes halogenated alkanes) is 1. The molecule has 5 aliphatic rings. The van der Waals surface area contributed by atoms with Crippen molar-refractivity contribution in [2.45, 2.75) is 225 Å². The number of nitrogens with one attached hydrogen (secondary N) is 1. The first-order valence-corrected chi connectivity index (χ1v) is 47.9. The zero-order valence-corrected chi connectivity index (χ0v) is 80.0. The summed E-state index contributed by atoms with van der Waals surface area (Å²) < 4.78 is 63.9. The summed E-state index contributed by atoms with van der Waals surface area (Å²) in [4.78, 5) is 113. The van der Waals surface area contributed by atoms with Gasteiger partial charge in [0.25, 0.3) is 17.7 Å². The molecule has 8 aromatic rings. The minimum Gasteiger partial charge on any atom is -0.460 e. The van der Waals surface area contributed by atoms with E-state index < -0.39 is 89.5 Å². The Hall–Kier alpha value is -10.9. The first-order valence-electron chi connectivity index (χ1n) is 47.9. The number of nitrogens with two attached hydrogens (primary N) is 2. The molecule has 39 heteroatoms. The number of aliphatic hydroxyl groups excluding tert-OH is 3. The van der Waals surface area contributed by atoms with E-state index in [1.54, 1.807) is 75.9 Å². The van der Waals surface area contributed by atoms with Crippen LogP contribution in [0.25, 0.3) is 55.8 Å². The zero-order chi connectivity index (χ0) is 97.2. The Morgan fingerprint density at radius 1 is 0.752 bits per heavy atom. The van der Waals surface area contributed by atoms with Crippen molar-refractivity contribution < 1.29 is 96.2 Å². The number of methoxy groups -OCH3 is 2. The number of ether oxygens (including phenoxy) is 9. The summed E-state index contributed by atoms with van der Waals surface area (Å²) in [6.07, 6.45) is 20.2. The van der Waals surface area contributed by atoms with Crippen LogP contribution < -0.4 is 21.7 Å². The Morgan fingerprint density at radius 2 is 1.52 bits per heavy atom. The predicted molar refractivity (Wildman–Crippen MR) is 507 cm³/mol. The lowest BCUT2D eigenvalue weighted by atomic mass is 9.77. The minimum atomic E-state index is -2.49. The number of oxazole rings is 1. The number of piperidine rings is 1. The second-order valence-corrected chi connectivity index (χ2v) is 36.9. The number of carbonyl (C=O) groups excluding carboxylic acids is 6. The molecule has 2 amide bonds. The number of hydrogen-bond donors (Lipinski definition) is 7. The molecule has 6 aromatic heterocycles. The van der Waals surface area contributed by atoms with Crippen LogP contribution in [0.15, 0.2) is 126 Å². The van der Waals surface area contributed by atoms with Gasteiger partial charge in [0.05, 0.1) is 119 Å². The number of hydrogen-bond acceptors (Lipinski definition) is 34. The number of nitrogen functional groups attached to an aromatic ring is 2. The number of allylic oxidation sites excluding steroid dienone is 6. The van der Waals surface area contributed by atoms with Crippen LogP contribution in [-0.4, -0.2) is 298 Å². The van der Waals surface area contributed by atoms with Crippen molar-refractivity contribution in [1.82, 2.24) is 79.8 Å². The van der Waals surface area contributed by atoms with Gasteiger partial charge in [-0.15, -0.1) is 10.2 Å². The molecule has 1 aliphatic carbocycles. The number of aromatic nitrogens is 13. The molecule has 4 aliphatic heterocycles. The van der Waals surface area contributed by atoms with Gasteiger partial charge in [0, 0.05) is 132 Å². The number of carbonyl (C=O) groups is 6. The number of aryl methyl sites for hydroxylation is 1. The second kappa shape index (κ2) is 50.1. The number of fused-ring (bicyclic) bond motifs is 5. The summed E-state index contributed by atoms with van der Waals surface area (Å²) in [5.41, 5.74) is 20.3. The Morgan fingerprint density at radius 3 is 2.29 bits per heavy atom. The molecule has 39 nitrogen and oxygen atoms in total. The number of ketones is 3. The lowest BCUT2D eigenvalue weighted by Crippen LogP contribution is -2.61. The number of nitrogens with zero attached hydrogens (tertiary/aromatic N) is 16. The first-order chi connectivity index (χ1) is 66.2. The third-order valence-electron chi connectivity index (χ3n) is 26.9. The van der Waals surface area contributed by atoms with Crippen molar-refractivity contribution in [3.63, 3.8) is 0 Å². The first kappa shape index (κ1) is 103. The van der Waals surface area contributed by atoms with E-state index in [0.29, 0.717) is 189 Å². The smallest absolute Gasteiger partial charge is 0.329 e. The van der Waals surface area contributed by atoms with E-state index in [4.69, 9.17) is 73.6 Å². The number of amides is 2. The molecule has 742 valence electrons. The summed E-state index contributed by atoms with van der Waals surface area (Å²) in [6, 6.07) is 11.9. The molecule has 16 atom stereocenters. The highest BCUT2D eigenvalue weighted by molar-refractivity contribution is 6.39. The number of benzene rings is 2. The van der Waals surface area contributed by atoms with Crippen LogP contribution in [0.4, 0.5) is 17.8 Å². The molecule has 2 bridgehead atoms. The van der Waals surface area contributed by atoms with Crippen LogP contribution in [0.3, 0.4) is 0 Å². The molecule has 137 heavy (non-hydrogen) atoms. The standard InChI is InChI=1S/C98H135N19O20/c1-61-18-11-10-12-19-62(2)82(128-8)50-75-26-23-67(7)98(127,137-75)91(124)94(125)115-31-15-13-22-78(115)95(126)135-83(51-80(119)63(3)45-66(6)89(122)90(123)88(121)65(5)44-61)64(4)46-68-24-27-77(84(47-68)129-9)117-79(54-106-110-117)70-21-17-20-69(48-70)72-52-102-97(103-53-72)113-34-33-112(74(57-113)58-118)55-73-56-114(111-108-73)35-37-131-38-39-132-41-43-134-60-133-42-40-130-36-29-85(120)101-30-14-16-32-116-93-86(92(99)104-59-105-93)87(109-116)71-25-28-81-76(49-71)107-96(100)136-81/h10-12,17-21,25,28,45,48-49,52-54,56,59,61,63-65,67-68,74-75,77-78,82-84,89-90,118,122-123,127H,13-16,22-24,26-27,29-44,46-47,50-51,55,57-58,60H2,1-9H3,(H2,100,107)(H,101,120)(H2,99,104,105)/b12-10+,18-11+,62-19+,66-45+/t61-,63-,64-,65-,67-,68+,74?,75+,77+,78+,82+,83+,84-,89-,90+,98-/m1/s1. The minimum absolute atomic E-state index is 0.00832. The maximum absolute atomic E-state index is 14.9. The summed E-state index contributed by atoms with van der Waals surface area (Å²) in [5.74, 6) is -8.41. The Balaban J connectivity index is 0.526. The number of aliphatic hydroxyl groups is 4. The highest BCUT2D eigenvalue weighted by atomic mass is 16.7. The molecule has 4 fully saturated rings. The van der Waals surface area contributed by atoms with Gasteiger partial charge in [-0.1, -0.05) is 99.7 Å². The molecule has 0 spiro atoms. The van der Waals surface area contributed by atoms with E-state index in [9.17, 15) is 49.2 Å². The summed E-state index contributed by atoms with van der Waals surface area (Å²) in [5, 5.41) is 71.9. The quantitative estimate of drug-likeness (QED) is 0.00643. The van der Waals surface area contributed by atoms with Crippen LogP contribution >= 0.6 is 0 Å². The van der Waals surface area contributed by atoms with E-state index >= 15 is 0 Å². The fourth-order valence-electron chi connectivity index (χ4n) is 18.9. The van der Waals surface area contributed by atoms with Gasteiger partial charge in [-0.25, -0.2) is 38.8 Å². The molecule has 3 saturated heterocycles. The summed E-state index contributed by atoms with van der Waals surface area (Å²) >= 11 is 0. The van der Waals surface area contributed by atoms with Gasteiger partial charge >= 0.3 is 5.97 Å². The highest BCUT2D eigenvalue weighted by Gasteiger charge is 2.53. The molecular weight excluding hydrogens is 1760 g/mol. The maximum Gasteiger partial charge on any atom is 0.329 e. The van der Waals surface area contributed by atoms with Crippen molar-refractivity contribution in [3.05, 3.63) is 127 Å². The highest BCUT2D eigenvalue weighted by Crippen LogP contribution is 2.43. The van der Waals surface area contributed by atoms with E-state index in [-0.39, 0.29) is 106 Å². The van der Waals surface area contributed by atoms with Gasteiger partial charge in [-0.05, 0) is 150 Å². The van der Waals surface area contributed by atoms with E-state index in [0.717, 1.165) is 52.1 Å². The maximum atomic E-state index is 14.9. The molecular formula is C98H135N19O20. The SMILES string of the molecule is CO[C@H]1C[C@@H]2CC[C@@H](C)[C@@](O)(O2)C(=O)C(=O)N2CCCC[C@H]2C(=O)O[C@H]([C@H](C)C[C@@H]2CC[C@H](n3nncc3-c3cccc(-c4cnc(N5CCN(Cc6cn(CCOCCOCCOCOCCOCCC(=O)NCCCCn7nc(-c8ccc9oc(N)nc9c8)c8c(N)ncnc87)nn6)C(CO)C5)nc4)c3)[C@H](OC)C2)CC(=O)[C@H](C)/C=C(\C)[C@@H](O)[C@@H](O)C(=O)[C@H](C)C[C@H](C)/C=C/C=C/C=C/1C. The van der Waals surface area contributed by atoms with Crippen LogP contribution in [-0.2, 0) is 91.0 Å². The van der Waals surface area contributed by atoms with Crippen LogP contribution in [0.2, 0.25) is 0 Å². The number of rotatable bonds is 35. The number of anilines is 3. The third kappa shape index (κ3) is 27.4. The lowest BCUT2D eigenvalue weighted by molar-refractivity contribution is -0.265. The van der Waals surface area contributed by atoms with Crippen LogP contribution in [0.5, 0.6) is 0 Å². The monoisotopic (exact) mass is 1900 g/mol. The number of piperazine rings is 1. The number of cyclic esters (lactones) is 1. The van der Waals surface area contributed by atoms with Crippen molar-refractivity contribution >= 4 is 75.0 Å². The Kier molecular flexibility index (Phi) is 37.8. The largest absolute Gasteiger partial charge is 0.460 e. The van der Waals surface area contributed by atoms with Crippen molar-refractivity contribution in [1.29, 1.82) is 0 Å². The van der Waals surface area contributed by atoms with E-state index in [1.165, 1.54) is 17.3 Å². The number of Topliss-reactive ketones (excluding diaryl/α,β-unsaturated/α-hetero) is 3. The van der Waals surface area contributed by atoms with Gasteiger partial charge in [0.2, 0.25) is 17.6 Å². The van der Waals surface area contributed by atoms with Gasteiger partial charge in [-0.3, -0.25) is 28.9 Å². The van der Waals surface area contributed by atoms with Gasteiger partial charge < -0.3 is 94.1 Å². The second-order valence-electron chi connectivity index (χ2n) is 36.9. The van der Waals surface area contributed by atoms with E-state index in [2.05, 4.69) is 56.8 Å². The van der Waals surface area contributed by atoms with Crippen LogP contribution in [0, 0.1) is 35.5 Å². The average Bonchev–Trinajstić information content (AvgIpc) is 1.65. The Labute approximate surface area is 797 Å².